The number of carbonyl (C=O) groups is 1. The van der Waals surface area contributed by atoms with Crippen LogP contribution in [0.3, 0.4) is 0 Å². The zero-order valence-corrected chi connectivity index (χ0v) is 5.83. The van der Waals surface area contributed by atoms with Crippen molar-refractivity contribution in [2.45, 2.75) is 6.92 Å². The van der Waals surface area contributed by atoms with Crippen molar-refractivity contribution in [3.8, 4) is 0 Å². The molecule has 1 heterocycles. The van der Waals surface area contributed by atoms with Crippen LogP contribution in [0.2, 0.25) is 0 Å². The van der Waals surface area contributed by atoms with Crippen LogP contribution in [0.15, 0.2) is 4.99 Å². The smallest absolute Gasteiger partial charge is 0.229 e. The monoisotopic (exact) mass is 142 g/mol. The summed E-state index contributed by atoms with van der Waals surface area (Å²) in [5.41, 5.74) is 5.02. The zero-order valence-electron chi connectivity index (χ0n) is 5.83. The Balaban J connectivity index is 2.55. The third-order valence-corrected chi connectivity index (χ3v) is 1.41. The SMILES string of the molecule is CC(C(N)=O)C1=NCCO1. The second-order valence-corrected chi connectivity index (χ2v) is 2.19. The molecule has 0 aromatic rings. The summed E-state index contributed by atoms with van der Waals surface area (Å²) in [7, 11) is 0. The number of hydrogen-bond donors (Lipinski definition) is 1. The third kappa shape index (κ3) is 1.26. The quantitative estimate of drug-likeness (QED) is 0.566. The van der Waals surface area contributed by atoms with Gasteiger partial charge in [-0.15, -0.1) is 0 Å². The minimum absolute atomic E-state index is 0.373. The van der Waals surface area contributed by atoms with Crippen LogP contribution in [0.1, 0.15) is 6.92 Å². The molecular weight excluding hydrogens is 132 g/mol. The lowest BCUT2D eigenvalue weighted by Gasteiger charge is -2.05. The summed E-state index contributed by atoms with van der Waals surface area (Å²) in [5, 5.41) is 0. The van der Waals surface area contributed by atoms with Crippen LogP contribution in [-0.2, 0) is 9.53 Å². The van der Waals surface area contributed by atoms with E-state index in [1.54, 1.807) is 6.92 Å². The Morgan fingerprint density at radius 2 is 2.60 bits per heavy atom. The molecule has 0 spiro atoms. The molecule has 1 aliphatic heterocycles. The van der Waals surface area contributed by atoms with E-state index in [4.69, 9.17) is 10.5 Å². The molecule has 1 atom stereocenters. The summed E-state index contributed by atoms with van der Waals surface area (Å²) < 4.78 is 5.03. The normalized spacial score (nSPS) is 19.5. The van der Waals surface area contributed by atoms with Gasteiger partial charge in [0.25, 0.3) is 0 Å². The molecule has 1 rings (SSSR count). The van der Waals surface area contributed by atoms with Gasteiger partial charge >= 0.3 is 0 Å². The fourth-order valence-electron chi connectivity index (χ4n) is 0.735. The summed E-state index contributed by atoms with van der Waals surface area (Å²) in [6, 6.07) is 0. The van der Waals surface area contributed by atoms with Crippen molar-refractivity contribution in [3.63, 3.8) is 0 Å². The molecule has 1 unspecified atom stereocenters. The van der Waals surface area contributed by atoms with Gasteiger partial charge in [0, 0.05) is 0 Å². The second-order valence-electron chi connectivity index (χ2n) is 2.19. The average molecular weight is 142 g/mol. The van der Waals surface area contributed by atoms with Gasteiger partial charge in [0.15, 0.2) is 5.90 Å². The van der Waals surface area contributed by atoms with Crippen molar-refractivity contribution in [1.82, 2.24) is 0 Å². The Morgan fingerprint density at radius 1 is 1.90 bits per heavy atom. The van der Waals surface area contributed by atoms with E-state index >= 15 is 0 Å². The molecule has 0 fully saturated rings. The lowest BCUT2D eigenvalue weighted by atomic mass is 10.2. The van der Waals surface area contributed by atoms with Crippen LogP contribution in [0.4, 0.5) is 0 Å². The highest BCUT2D eigenvalue weighted by Crippen LogP contribution is 2.04. The first-order valence-corrected chi connectivity index (χ1v) is 3.18. The minimum atomic E-state index is -0.388. The summed E-state index contributed by atoms with van der Waals surface area (Å²) in [6.07, 6.45) is 0. The van der Waals surface area contributed by atoms with Crippen LogP contribution in [0, 0.1) is 5.92 Å². The van der Waals surface area contributed by atoms with E-state index in [1.807, 2.05) is 0 Å². The van der Waals surface area contributed by atoms with Crippen LogP contribution >= 0.6 is 0 Å². The molecule has 1 amide bonds. The summed E-state index contributed by atoms with van der Waals surface area (Å²) in [5.74, 6) is -0.282. The van der Waals surface area contributed by atoms with Gasteiger partial charge in [0.2, 0.25) is 5.91 Å². The maximum Gasteiger partial charge on any atom is 0.229 e. The van der Waals surface area contributed by atoms with Gasteiger partial charge in [0.05, 0.1) is 6.54 Å². The van der Waals surface area contributed by atoms with Gasteiger partial charge in [-0.05, 0) is 6.92 Å². The Labute approximate surface area is 59.1 Å². The number of nitrogens with two attached hydrogens (primary N) is 1. The predicted molar refractivity (Wildman–Crippen MR) is 36.6 cm³/mol. The summed E-state index contributed by atoms with van der Waals surface area (Å²) in [6.45, 7) is 2.91. The predicted octanol–water partition coefficient (Wildman–Crippen LogP) is -0.464. The highest BCUT2D eigenvalue weighted by atomic mass is 16.5. The summed E-state index contributed by atoms with van der Waals surface area (Å²) in [4.78, 5) is 14.5. The van der Waals surface area contributed by atoms with E-state index in [-0.39, 0.29) is 11.8 Å². The minimum Gasteiger partial charge on any atom is -0.478 e. The number of amides is 1. The number of ether oxygens (including phenoxy) is 1. The molecule has 4 heteroatoms. The number of hydrogen-bond acceptors (Lipinski definition) is 3. The molecule has 2 N–H and O–H groups in total. The second kappa shape index (κ2) is 2.68. The van der Waals surface area contributed by atoms with E-state index in [0.29, 0.717) is 19.0 Å². The van der Waals surface area contributed by atoms with E-state index in [2.05, 4.69) is 4.99 Å². The Hall–Kier alpha value is -1.06. The highest BCUT2D eigenvalue weighted by molar-refractivity contribution is 5.99. The fourth-order valence-corrected chi connectivity index (χ4v) is 0.735. The maximum atomic E-state index is 10.5. The molecule has 1 aliphatic rings. The van der Waals surface area contributed by atoms with Gasteiger partial charge in [-0.3, -0.25) is 9.79 Å². The van der Waals surface area contributed by atoms with Crippen molar-refractivity contribution in [1.29, 1.82) is 0 Å². The number of carbonyl (C=O) groups excluding carboxylic acids is 1. The largest absolute Gasteiger partial charge is 0.478 e. The number of aliphatic imine (C=N–C) groups is 1. The molecule has 0 saturated carbocycles. The number of primary amides is 1. The van der Waals surface area contributed by atoms with Crippen LogP contribution in [-0.4, -0.2) is 25.0 Å². The highest BCUT2D eigenvalue weighted by Gasteiger charge is 2.20. The van der Waals surface area contributed by atoms with E-state index in [0.717, 1.165) is 0 Å². The Bertz CT molecular complexity index is 177. The van der Waals surface area contributed by atoms with Gasteiger partial charge in [0.1, 0.15) is 12.5 Å². The van der Waals surface area contributed by atoms with Gasteiger partial charge in [-0.1, -0.05) is 0 Å². The molecule has 56 valence electrons. The fraction of sp³-hybridized carbons (Fsp3) is 0.667. The first-order chi connectivity index (χ1) is 4.72. The first kappa shape index (κ1) is 7.05. The van der Waals surface area contributed by atoms with E-state index in [9.17, 15) is 4.79 Å². The molecular formula is C6H10N2O2. The van der Waals surface area contributed by atoms with E-state index in [1.165, 1.54) is 0 Å². The molecule has 4 nitrogen and oxygen atoms in total. The van der Waals surface area contributed by atoms with Crippen molar-refractivity contribution >= 4 is 11.8 Å². The van der Waals surface area contributed by atoms with Gasteiger partial charge < -0.3 is 10.5 Å². The van der Waals surface area contributed by atoms with Crippen LogP contribution < -0.4 is 5.73 Å². The first-order valence-electron chi connectivity index (χ1n) is 3.18. The number of nitrogens with zero attached hydrogens (tertiary/aromatic N) is 1. The third-order valence-electron chi connectivity index (χ3n) is 1.41. The molecule has 0 saturated heterocycles. The molecule has 10 heavy (non-hydrogen) atoms. The number of rotatable bonds is 2. The molecule has 0 aromatic carbocycles. The molecule has 0 aromatic heterocycles. The van der Waals surface area contributed by atoms with Gasteiger partial charge in [-0.2, -0.15) is 0 Å². The van der Waals surface area contributed by atoms with E-state index < -0.39 is 0 Å². The lowest BCUT2D eigenvalue weighted by molar-refractivity contribution is -0.119. The van der Waals surface area contributed by atoms with Crippen LogP contribution in [0.5, 0.6) is 0 Å². The Morgan fingerprint density at radius 3 is 3.00 bits per heavy atom. The zero-order chi connectivity index (χ0) is 7.56. The van der Waals surface area contributed by atoms with Crippen molar-refractivity contribution in [3.05, 3.63) is 0 Å². The topological polar surface area (TPSA) is 64.7 Å². The standard InChI is InChI=1S/C6H10N2O2/c1-4(5(7)9)6-8-2-3-10-6/h4H,2-3H2,1H3,(H2,7,9). The molecule has 0 aliphatic carbocycles. The summed E-state index contributed by atoms with van der Waals surface area (Å²) >= 11 is 0. The maximum absolute atomic E-state index is 10.5. The van der Waals surface area contributed by atoms with Crippen LogP contribution in [0.25, 0.3) is 0 Å². The lowest BCUT2D eigenvalue weighted by Crippen LogP contribution is -2.27. The van der Waals surface area contributed by atoms with Crippen molar-refractivity contribution < 1.29 is 9.53 Å². The Kier molecular flexibility index (Phi) is 1.89. The van der Waals surface area contributed by atoms with Crippen molar-refractivity contribution in [2.75, 3.05) is 13.2 Å². The van der Waals surface area contributed by atoms with Crippen molar-refractivity contribution in [2.24, 2.45) is 16.6 Å². The van der Waals surface area contributed by atoms with Gasteiger partial charge in [-0.25, -0.2) is 0 Å². The molecule has 0 bridgehead atoms. The molecule has 0 radical (unpaired) electrons. The average Bonchev–Trinajstić information content (AvgIpc) is 2.36.